The lowest BCUT2D eigenvalue weighted by Gasteiger charge is -2.32. The van der Waals surface area contributed by atoms with Crippen molar-refractivity contribution in [1.82, 2.24) is 20.6 Å². The summed E-state index contributed by atoms with van der Waals surface area (Å²) in [7, 11) is 0. The third kappa shape index (κ3) is 3.92. The van der Waals surface area contributed by atoms with Gasteiger partial charge in [0.05, 0.1) is 5.92 Å². The van der Waals surface area contributed by atoms with E-state index >= 15 is 0 Å². The highest BCUT2D eigenvalue weighted by atomic mass is 16.4. The molecule has 3 N–H and O–H groups in total. The number of anilines is 2. The number of tetrazole rings is 1. The number of carbonyl (C=O) groups is 1. The monoisotopic (exact) mass is 339 g/mol. The number of benzene rings is 1. The Morgan fingerprint density at radius 3 is 2.88 bits per heavy atom. The van der Waals surface area contributed by atoms with Crippen LogP contribution in [0, 0.1) is 17.2 Å². The van der Waals surface area contributed by atoms with Gasteiger partial charge in [0.25, 0.3) is 0 Å². The molecule has 9 heteroatoms. The molecule has 1 unspecified atom stereocenters. The highest BCUT2D eigenvalue weighted by molar-refractivity contribution is 5.74. The van der Waals surface area contributed by atoms with Crippen LogP contribution in [0.25, 0.3) is 5.57 Å². The van der Waals surface area contributed by atoms with Gasteiger partial charge in [-0.3, -0.25) is 4.79 Å². The molecule has 1 aromatic carbocycles. The Bertz CT molecular complexity index is 793. The molecule has 2 aromatic rings. The van der Waals surface area contributed by atoms with Crippen molar-refractivity contribution >= 4 is 22.9 Å². The minimum atomic E-state index is -0.737. The van der Waals surface area contributed by atoms with Gasteiger partial charge in [-0.25, -0.2) is 0 Å². The van der Waals surface area contributed by atoms with Crippen LogP contribution in [0.4, 0.5) is 11.4 Å². The zero-order valence-corrected chi connectivity index (χ0v) is 13.4. The fraction of sp³-hybridized carbons (Fsp3) is 0.312. The van der Waals surface area contributed by atoms with Crippen LogP contribution < -0.4 is 10.2 Å². The van der Waals surface area contributed by atoms with E-state index in [4.69, 9.17) is 5.26 Å². The molecule has 0 amide bonds. The summed E-state index contributed by atoms with van der Waals surface area (Å²) in [6.45, 7) is 1.38. The van der Waals surface area contributed by atoms with E-state index in [-0.39, 0.29) is 17.3 Å². The van der Waals surface area contributed by atoms with E-state index in [0.29, 0.717) is 6.54 Å². The lowest BCUT2D eigenvalue weighted by molar-refractivity contribution is -0.141. The number of aromatic nitrogens is 4. The number of nitrogens with zero attached hydrogens (tertiary/aromatic N) is 5. The number of hydrogen-bond acceptors (Lipinski definition) is 7. The van der Waals surface area contributed by atoms with Gasteiger partial charge >= 0.3 is 5.97 Å². The van der Waals surface area contributed by atoms with Crippen molar-refractivity contribution in [2.45, 2.75) is 12.8 Å². The fourth-order valence-electron chi connectivity index (χ4n) is 2.76. The first-order valence-electron chi connectivity index (χ1n) is 7.86. The fourth-order valence-corrected chi connectivity index (χ4v) is 2.76. The first-order chi connectivity index (χ1) is 12.2. The van der Waals surface area contributed by atoms with E-state index in [0.717, 1.165) is 30.8 Å². The standard InChI is InChI=1S/C16H17N7O2/c17-8-12(15-19-21-22-20-15)9-18-13-3-5-14(6-4-13)23-7-1-2-11(10-23)16(24)25/h3-6,9,11,18H,1-2,7,10H2,(H,24,25)(H,19,20,21,22). The smallest absolute Gasteiger partial charge is 0.308 e. The van der Waals surface area contributed by atoms with Crippen LogP contribution in [-0.2, 0) is 4.79 Å². The third-order valence-electron chi connectivity index (χ3n) is 4.09. The number of aromatic amines is 1. The minimum absolute atomic E-state index is 0.222. The van der Waals surface area contributed by atoms with Crippen LogP contribution >= 0.6 is 0 Å². The highest BCUT2D eigenvalue weighted by Gasteiger charge is 2.25. The first kappa shape index (κ1) is 16.4. The second-order valence-corrected chi connectivity index (χ2v) is 5.72. The van der Waals surface area contributed by atoms with E-state index in [1.54, 1.807) is 0 Å². The molecular weight excluding hydrogens is 322 g/mol. The summed E-state index contributed by atoms with van der Waals surface area (Å²) in [4.78, 5) is 13.3. The van der Waals surface area contributed by atoms with Crippen LogP contribution in [-0.4, -0.2) is 44.8 Å². The van der Waals surface area contributed by atoms with Gasteiger partial charge in [0.15, 0.2) is 0 Å². The summed E-state index contributed by atoms with van der Waals surface area (Å²) in [6.07, 6.45) is 3.11. The number of rotatable bonds is 5. The van der Waals surface area contributed by atoms with Gasteiger partial charge in [-0.1, -0.05) is 0 Å². The molecule has 3 rings (SSSR count). The number of allylic oxidation sites excluding steroid dienone is 1. The summed E-state index contributed by atoms with van der Waals surface area (Å²) in [5, 5.41) is 34.6. The molecule has 0 radical (unpaired) electrons. The van der Waals surface area contributed by atoms with E-state index < -0.39 is 5.97 Å². The van der Waals surface area contributed by atoms with Gasteiger partial charge < -0.3 is 15.3 Å². The first-order valence-corrected chi connectivity index (χ1v) is 7.86. The highest BCUT2D eigenvalue weighted by Crippen LogP contribution is 2.25. The molecule has 128 valence electrons. The predicted octanol–water partition coefficient (Wildman–Crippen LogP) is 1.48. The third-order valence-corrected chi connectivity index (χ3v) is 4.09. The number of carboxylic acids is 1. The molecule has 25 heavy (non-hydrogen) atoms. The summed E-state index contributed by atoms with van der Waals surface area (Å²) in [6, 6.07) is 9.62. The molecule has 1 atom stereocenters. The number of hydrogen-bond donors (Lipinski definition) is 3. The van der Waals surface area contributed by atoms with Crippen molar-refractivity contribution in [2.75, 3.05) is 23.3 Å². The second kappa shape index (κ2) is 7.44. The molecule has 1 aliphatic rings. The van der Waals surface area contributed by atoms with Crippen LogP contribution in [0.2, 0.25) is 0 Å². The number of nitriles is 1. The van der Waals surface area contributed by atoms with Gasteiger partial charge in [0, 0.05) is 30.7 Å². The number of H-pyrrole nitrogens is 1. The largest absolute Gasteiger partial charge is 0.481 e. The molecule has 1 fully saturated rings. The van der Waals surface area contributed by atoms with Crippen LogP contribution in [0.3, 0.4) is 0 Å². The molecule has 0 bridgehead atoms. The quantitative estimate of drug-likeness (QED) is 0.698. The van der Waals surface area contributed by atoms with Gasteiger partial charge in [0.1, 0.15) is 11.6 Å². The van der Waals surface area contributed by atoms with Crippen LogP contribution in [0.1, 0.15) is 18.7 Å². The zero-order chi connectivity index (χ0) is 17.6. The second-order valence-electron chi connectivity index (χ2n) is 5.72. The molecule has 1 aliphatic heterocycles. The molecule has 1 saturated heterocycles. The molecule has 0 spiro atoms. The lowest BCUT2D eigenvalue weighted by Crippen LogP contribution is -2.38. The summed E-state index contributed by atoms with van der Waals surface area (Å²) >= 11 is 0. The SMILES string of the molecule is N#CC(=CNc1ccc(N2CCCC(C(=O)O)C2)cc1)c1nn[nH]n1. The molecule has 1 aromatic heterocycles. The van der Waals surface area contributed by atoms with Crippen molar-refractivity contribution < 1.29 is 9.90 Å². The molecule has 9 nitrogen and oxygen atoms in total. The average Bonchev–Trinajstić information content (AvgIpc) is 3.17. The maximum atomic E-state index is 11.2. The Hall–Kier alpha value is -3.41. The van der Waals surface area contributed by atoms with Crippen molar-refractivity contribution in [3.05, 3.63) is 36.3 Å². The Morgan fingerprint density at radius 2 is 2.24 bits per heavy atom. The molecular formula is C16H17N7O2. The van der Waals surface area contributed by atoms with Gasteiger partial charge in [-0.05, 0) is 42.3 Å². The Kier molecular flexibility index (Phi) is 4.89. The normalized spacial score (nSPS) is 17.8. The van der Waals surface area contributed by atoms with Gasteiger partial charge in [-0.15, -0.1) is 10.2 Å². The van der Waals surface area contributed by atoms with Crippen molar-refractivity contribution in [1.29, 1.82) is 5.26 Å². The number of carboxylic acid groups (broad SMARTS) is 1. The Morgan fingerprint density at radius 1 is 1.44 bits per heavy atom. The van der Waals surface area contributed by atoms with E-state index in [2.05, 4.69) is 30.8 Å². The summed E-state index contributed by atoms with van der Waals surface area (Å²) in [5.74, 6) is -0.832. The van der Waals surface area contributed by atoms with E-state index in [1.807, 2.05) is 30.3 Å². The molecule has 0 aliphatic carbocycles. The van der Waals surface area contributed by atoms with Crippen molar-refractivity contribution in [3.8, 4) is 6.07 Å². The molecule has 2 heterocycles. The maximum absolute atomic E-state index is 11.2. The van der Waals surface area contributed by atoms with Crippen LogP contribution in [0.5, 0.6) is 0 Å². The number of nitrogens with one attached hydrogen (secondary N) is 2. The molecule has 0 saturated carbocycles. The summed E-state index contributed by atoms with van der Waals surface area (Å²) < 4.78 is 0. The number of aliphatic carboxylic acids is 1. The topological polar surface area (TPSA) is 131 Å². The minimum Gasteiger partial charge on any atom is -0.481 e. The van der Waals surface area contributed by atoms with Crippen LogP contribution in [0.15, 0.2) is 30.5 Å². The predicted molar refractivity (Wildman–Crippen MR) is 90.4 cm³/mol. The number of piperidine rings is 1. The average molecular weight is 339 g/mol. The Labute approximate surface area is 144 Å². The Balaban J connectivity index is 1.66. The van der Waals surface area contributed by atoms with E-state index in [9.17, 15) is 9.90 Å². The van der Waals surface area contributed by atoms with Crippen molar-refractivity contribution in [3.63, 3.8) is 0 Å². The van der Waals surface area contributed by atoms with Gasteiger partial charge in [0.2, 0.25) is 5.82 Å². The lowest BCUT2D eigenvalue weighted by atomic mass is 9.98. The van der Waals surface area contributed by atoms with Crippen molar-refractivity contribution in [2.24, 2.45) is 5.92 Å². The maximum Gasteiger partial charge on any atom is 0.308 e. The van der Waals surface area contributed by atoms with E-state index in [1.165, 1.54) is 6.20 Å². The van der Waals surface area contributed by atoms with Gasteiger partial charge in [-0.2, -0.15) is 10.5 Å². The summed E-state index contributed by atoms with van der Waals surface area (Å²) in [5.41, 5.74) is 2.05. The zero-order valence-electron chi connectivity index (χ0n) is 13.4.